The Hall–Kier alpha value is -1.79. The molecule has 0 saturated carbocycles. The van der Waals surface area contributed by atoms with Gasteiger partial charge in [0.05, 0.1) is 11.6 Å². The van der Waals surface area contributed by atoms with Crippen molar-refractivity contribution in [1.29, 1.82) is 5.26 Å². The van der Waals surface area contributed by atoms with E-state index in [2.05, 4.69) is 0 Å². The molecule has 0 radical (unpaired) electrons. The highest BCUT2D eigenvalue weighted by Crippen LogP contribution is 2.21. The lowest BCUT2D eigenvalue weighted by Crippen LogP contribution is -1.99. The number of carboxylic acids is 1. The van der Waals surface area contributed by atoms with E-state index in [1.807, 2.05) is 0 Å². The standard InChI is InChI=1S/C10H6ClNO2/c11-9-5-1-3-8(10(13)14)7(9)4-2-6-12/h1-5H,(H,13,14)/b4-2+. The molecule has 0 aliphatic heterocycles. The summed E-state index contributed by atoms with van der Waals surface area (Å²) in [7, 11) is 0. The molecule has 0 unspecified atom stereocenters. The number of rotatable bonds is 2. The molecule has 0 heterocycles. The monoisotopic (exact) mass is 207 g/mol. The molecule has 1 rings (SSSR count). The smallest absolute Gasteiger partial charge is 0.336 e. The van der Waals surface area contributed by atoms with E-state index in [1.165, 1.54) is 18.2 Å². The third-order valence-corrected chi connectivity index (χ3v) is 1.94. The van der Waals surface area contributed by atoms with Crippen molar-refractivity contribution in [2.75, 3.05) is 0 Å². The summed E-state index contributed by atoms with van der Waals surface area (Å²) >= 11 is 5.79. The first-order chi connectivity index (χ1) is 6.66. The number of hydrogen-bond acceptors (Lipinski definition) is 2. The number of halogens is 1. The lowest BCUT2D eigenvalue weighted by molar-refractivity contribution is 0.0696. The Balaban J connectivity index is 3.31. The van der Waals surface area contributed by atoms with Gasteiger partial charge < -0.3 is 5.11 Å². The molecule has 0 amide bonds. The van der Waals surface area contributed by atoms with Crippen LogP contribution in [0, 0.1) is 11.3 Å². The van der Waals surface area contributed by atoms with Crippen LogP contribution >= 0.6 is 11.6 Å². The molecule has 1 aromatic rings. The van der Waals surface area contributed by atoms with Crippen LogP contribution < -0.4 is 0 Å². The fourth-order valence-electron chi connectivity index (χ4n) is 1.01. The van der Waals surface area contributed by atoms with Crippen LogP contribution in [0.4, 0.5) is 0 Å². The minimum atomic E-state index is -1.06. The number of aromatic carboxylic acids is 1. The van der Waals surface area contributed by atoms with E-state index >= 15 is 0 Å². The zero-order valence-electron chi connectivity index (χ0n) is 7.07. The van der Waals surface area contributed by atoms with E-state index in [-0.39, 0.29) is 5.56 Å². The SMILES string of the molecule is N#C/C=C/c1c(Cl)cccc1C(=O)O. The van der Waals surface area contributed by atoms with Crippen LogP contribution in [-0.2, 0) is 0 Å². The molecule has 0 saturated heterocycles. The molecule has 0 atom stereocenters. The van der Waals surface area contributed by atoms with Gasteiger partial charge in [-0.25, -0.2) is 4.79 Å². The van der Waals surface area contributed by atoms with Crippen LogP contribution in [0.3, 0.4) is 0 Å². The fourth-order valence-corrected chi connectivity index (χ4v) is 1.25. The van der Waals surface area contributed by atoms with Gasteiger partial charge in [-0.3, -0.25) is 0 Å². The first kappa shape index (κ1) is 10.3. The summed E-state index contributed by atoms with van der Waals surface area (Å²) in [5.41, 5.74) is 0.437. The van der Waals surface area contributed by atoms with Gasteiger partial charge in [0, 0.05) is 16.7 Å². The first-order valence-corrected chi connectivity index (χ1v) is 4.12. The molecule has 0 aliphatic rings. The average molecular weight is 208 g/mol. The lowest BCUT2D eigenvalue weighted by Gasteiger charge is -2.02. The summed E-state index contributed by atoms with van der Waals surface area (Å²) in [5.74, 6) is -1.06. The maximum absolute atomic E-state index is 10.8. The van der Waals surface area contributed by atoms with Crippen molar-refractivity contribution in [2.24, 2.45) is 0 Å². The average Bonchev–Trinajstić information content (AvgIpc) is 2.15. The second kappa shape index (κ2) is 4.45. The molecular weight excluding hydrogens is 202 g/mol. The predicted molar refractivity (Wildman–Crippen MR) is 53.1 cm³/mol. The number of allylic oxidation sites excluding steroid dienone is 1. The zero-order valence-corrected chi connectivity index (χ0v) is 7.82. The number of nitriles is 1. The summed E-state index contributed by atoms with van der Waals surface area (Å²) in [6, 6.07) is 6.34. The minimum Gasteiger partial charge on any atom is -0.478 e. The first-order valence-electron chi connectivity index (χ1n) is 3.75. The molecule has 1 N–H and O–H groups in total. The molecule has 14 heavy (non-hydrogen) atoms. The normalized spacial score (nSPS) is 10.0. The number of carboxylic acid groups (broad SMARTS) is 1. The van der Waals surface area contributed by atoms with Crippen LogP contribution in [0.1, 0.15) is 15.9 Å². The van der Waals surface area contributed by atoms with Crippen molar-refractivity contribution < 1.29 is 9.90 Å². The van der Waals surface area contributed by atoms with Gasteiger partial charge in [-0.2, -0.15) is 5.26 Å². The summed E-state index contributed by atoms with van der Waals surface area (Å²) in [4.78, 5) is 10.8. The van der Waals surface area contributed by atoms with Crippen molar-refractivity contribution >= 4 is 23.6 Å². The largest absolute Gasteiger partial charge is 0.478 e. The van der Waals surface area contributed by atoms with Gasteiger partial charge in [-0.15, -0.1) is 0 Å². The van der Waals surface area contributed by atoms with Gasteiger partial charge in [0.15, 0.2) is 0 Å². The highest BCUT2D eigenvalue weighted by molar-refractivity contribution is 6.32. The van der Waals surface area contributed by atoms with Gasteiger partial charge in [0.2, 0.25) is 0 Å². The number of carbonyl (C=O) groups is 1. The van der Waals surface area contributed by atoms with Crippen molar-refractivity contribution in [3.8, 4) is 6.07 Å². The molecule has 70 valence electrons. The fraction of sp³-hybridized carbons (Fsp3) is 0. The van der Waals surface area contributed by atoms with Gasteiger partial charge in [-0.05, 0) is 18.2 Å². The van der Waals surface area contributed by atoms with Crippen molar-refractivity contribution in [3.63, 3.8) is 0 Å². The van der Waals surface area contributed by atoms with Crippen LogP contribution in [0.25, 0.3) is 6.08 Å². The molecule has 1 aromatic carbocycles. The molecule has 0 aromatic heterocycles. The third kappa shape index (κ3) is 2.12. The van der Waals surface area contributed by atoms with Crippen LogP contribution in [0.2, 0.25) is 5.02 Å². The Labute approximate surface area is 85.9 Å². The Morgan fingerprint density at radius 1 is 1.57 bits per heavy atom. The Bertz CT molecular complexity index is 432. The van der Waals surface area contributed by atoms with Crippen molar-refractivity contribution in [2.45, 2.75) is 0 Å². The van der Waals surface area contributed by atoms with E-state index < -0.39 is 5.97 Å². The maximum atomic E-state index is 10.8. The predicted octanol–water partition coefficient (Wildman–Crippen LogP) is 2.57. The molecule has 0 aliphatic carbocycles. The number of nitrogens with zero attached hydrogens (tertiary/aromatic N) is 1. The van der Waals surface area contributed by atoms with Crippen LogP contribution in [-0.4, -0.2) is 11.1 Å². The van der Waals surface area contributed by atoms with E-state index in [4.69, 9.17) is 22.0 Å². The number of hydrogen-bond donors (Lipinski definition) is 1. The highest BCUT2D eigenvalue weighted by atomic mass is 35.5. The minimum absolute atomic E-state index is 0.0870. The van der Waals surface area contributed by atoms with Gasteiger partial charge in [0.1, 0.15) is 0 Å². The molecule has 4 heteroatoms. The van der Waals surface area contributed by atoms with Gasteiger partial charge in [-0.1, -0.05) is 17.7 Å². The second-order valence-electron chi connectivity index (χ2n) is 2.47. The molecule has 3 nitrogen and oxygen atoms in total. The highest BCUT2D eigenvalue weighted by Gasteiger charge is 2.09. The van der Waals surface area contributed by atoms with Crippen LogP contribution in [0.15, 0.2) is 24.3 Å². The van der Waals surface area contributed by atoms with E-state index in [9.17, 15) is 4.79 Å². The molecule has 0 bridgehead atoms. The van der Waals surface area contributed by atoms with Crippen molar-refractivity contribution in [3.05, 3.63) is 40.4 Å². The Morgan fingerprint density at radius 3 is 2.86 bits per heavy atom. The second-order valence-corrected chi connectivity index (χ2v) is 2.88. The molecule has 0 fully saturated rings. The Kier molecular flexibility index (Phi) is 3.27. The summed E-state index contributed by atoms with van der Waals surface area (Å²) in [6.45, 7) is 0. The number of benzene rings is 1. The quantitative estimate of drug-likeness (QED) is 0.759. The van der Waals surface area contributed by atoms with E-state index in [0.717, 1.165) is 0 Å². The molecular formula is C10H6ClNO2. The van der Waals surface area contributed by atoms with E-state index in [1.54, 1.807) is 18.2 Å². The summed E-state index contributed by atoms with van der Waals surface area (Å²) < 4.78 is 0. The lowest BCUT2D eigenvalue weighted by atomic mass is 10.1. The third-order valence-electron chi connectivity index (χ3n) is 1.61. The summed E-state index contributed by atoms with van der Waals surface area (Å²) in [6.07, 6.45) is 2.57. The topological polar surface area (TPSA) is 61.1 Å². The zero-order chi connectivity index (χ0) is 10.6. The molecule has 0 spiro atoms. The Morgan fingerprint density at radius 2 is 2.29 bits per heavy atom. The maximum Gasteiger partial charge on any atom is 0.336 e. The summed E-state index contributed by atoms with van der Waals surface area (Å²) in [5, 5.41) is 17.5. The van der Waals surface area contributed by atoms with Gasteiger partial charge in [0.25, 0.3) is 0 Å². The van der Waals surface area contributed by atoms with Crippen LogP contribution in [0.5, 0.6) is 0 Å². The van der Waals surface area contributed by atoms with Gasteiger partial charge >= 0.3 is 5.97 Å². The van der Waals surface area contributed by atoms with Crippen molar-refractivity contribution in [1.82, 2.24) is 0 Å². The van der Waals surface area contributed by atoms with E-state index in [0.29, 0.717) is 10.6 Å².